The van der Waals surface area contributed by atoms with E-state index in [0.717, 1.165) is 23.8 Å². The van der Waals surface area contributed by atoms with Crippen LogP contribution in [0.25, 0.3) is 0 Å². The van der Waals surface area contributed by atoms with Crippen LogP contribution in [0.3, 0.4) is 0 Å². The first kappa shape index (κ1) is 10.8. The van der Waals surface area contributed by atoms with Gasteiger partial charge in [-0.2, -0.15) is 4.37 Å². The van der Waals surface area contributed by atoms with Gasteiger partial charge in [0, 0.05) is 23.0 Å². The first-order valence-corrected chi connectivity index (χ1v) is 6.09. The summed E-state index contributed by atoms with van der Waals surface area (Å²) in [5, 5.41) is 13.7. The number of hydrogen-bond acceptors (Lipinski definition) is 5. The molecule has 4 nitrogen and oxygen atoms in total. The average Bonchev–Trinajstić information content (AvgIpc) is 2.76. The van der Waals surface area contributed by atoms with E-state index in [1.807, 2.05) is 6.92 Å². The van der Waals surface area contributed by atoms with Crippen LogP contribution in [0, 0.1) is 12.3 Å². The summed E-state index contributed by atoms with van der Waals surface area (Å²) in [6, 6.07) is 0.329. The van der Waals surface area contributed by atoms with Gasteiger partial charge < -0.3 is 10.4 Å². The molecule has 0 amide bonds. The van der Waals surface area contributed by atoms with Gasteiger partial charge in [-0.05, 0) is 19.8 Å². The standard InChI is InChI=1S/C10H17N3OS/c1-7-11-9(15-13-7)12-8-4-3-5-10(8,2)6-14/h8,14H,3-6H2,1-2H3,(H,11,12,13)/t8-,10+/m0/s1. The fraction of sp³-hybridized carbons (Fsp3) is 0.800. The molecule has 1 saturated carbocycles. The van der Waals surface area contributed by atoms with Crippen LogP contribution in [-0.2, 0) is 0 Å². The molecule has 15 heavy (non-hydrogen) atoms. The fourth-order valence-corrected chi connectivity index (χ4v) is 2.80. The summed E-state index contributed by atoms with van der Waals surface area (Å²) in [5.41, 5.74) is -0.000422. The Hall–Kier alpha value is -0.680. The van der Waals surface area contributed by atoms with Gasteiger partial charge >= 0.3 is 0 Å². The largest absolute Gasteiger partial charge is 0.396 e. The highest BCUT2D eigenvalue weighted by atomic mass is 32.1. The summed E-state index contributed by atoms with van der Waals surface area (Å²) in [6.45, 7) is 4.26. The number of nitrogens with zero attached hydrogens (tertiary/aromatic N) is 2. The molecule has 2 N–H and O–H groups in total. The van der Waals surface area contributed by atoms with Crippen molar-refractivity contribution in [3.05, 3.63) is 5.82 Å². The van der Waals surface area contributed by atoms with Crippen molar-refractivity contribution in [2.45, 2.75) is 39.2 Å². The summed E-state index contributed by atoms with van der Waals surface area (Å²) in [6.07, 6.45) is 3.36. The third-order valence-electron chi connectivity index (χ3n) is 3.27. The highest BCUT2D eigenvalue weighted by Crippen LogP contribution is 2.39. The normalized spacial score (nSPS) is 30.7. The van der Waals surface area contributed by atoms with Gasteiger partial charge in [-0.3, -0.25) is 0 Å². The van der Waals surface area contributed by atoms with Crippen LogP contribution >= 0.6 is 11.5 Å². The van der Waals surface area contributed by atoms with Crippen molar-refractivity contribution in [1.82, 2.24) is 9.36 Å². The number of nitrogens with one attached hydrogen (secondary N) is 1. The molecule has 2 rings (SSSR count). The fourth-order valence-electron chi connectivity index (χ4n) is 2.17. The van der Waals surface area contributed by atoms with Crippen LogP contribution in [0.4, 0.5) is 5.13 Å². The van der Waals surface area contributed by atoms with E-state index < -0.39 is 0 Å². The van der Waals surface area contributed by atoms with Crippen molar-refractivity contribution in [2.75, 3.05) is 11.9 Å². The lowest BCUT2D eigenvalue weighted by Gasteiger charge is -2.29. The number of aliphatic hydroxyl groups excluding tert-OH is 1. The molecule has 1 aromatic heterocycles. The second-order valence-corrected chi connectivity index (χ2v) is 5.30. The van der Waals surface area contributed by atoms with Crippen molar-refractivity contribution in [1.29, 1.82) is 0 Å². The SMILES string of the molecule is Cc1nsc(N[C@H]2CCC[C@]2(C)CO)n1. The number of aliphatic hydroxyl groups is 1. The lowest BCUT2D eigenvalue weighted by molar-refractivity contribution is 0.139. The van der Waals surface area contributed by atoms with Gasteiger partial charge in [-0.1, -0.05) is 13.3 Å². The van der Waals surface area contributed by atoms with Gasteiger partial charge in [0.25, 0.3) is 0 Å². The molecule has 0 bridgehead atoms. The summed E-state index contributed by atoms with van der Waals surface area (Å²) < 4.78 is 4.14. The molecule has 0 radical (unpaired) electrons. The molecule has 1 aliphatic rings. The van der Waals surface area contributed by atoms with E-state index in [4.69, 9.17) is 0 Å². The number of aryl methyl sites for hydroxylation is 1. The molecule has 0 saturated heterocycles. The molecule has 1 fully saturated rings. The van der Waals surface area contributed by atoms with Crippen LogP contribution in [-0.4, -0.2) is 27.1 Å². The zero-order valence-electron chi connectivity index (χ0n) is 9.16. The smallest absolute Gasteiger partial charge is 0.202 e. The van der Waals surface area contributed by atoms with E-state index in [2.05, 4.69) is 21.6 Å². The third-order valence-corrected chi connectivity index (χ3v) is 4.01. The Labute approximate surface area is 93.9 Å². The summed E-state index contributed by atoms with van der Waals surface area (Å²) in [4.78, 5) is 4.29. The Morgan fingerprint density at radius 3 is 3.07 bits per heavy atom. The number of anilines is 1. The first-order valence-electron chi connectivity index (χ1n) is 5.32. The second-order valence-electron chi connectivity index (χ2n) is 4.55. The van der Waals surface area contributed by atoms with E-state index in [9.17, 15) is 5.11 Å². The Kier molecular flexibility index (Phi) is 2.93. The van der Waals surface area contributed by atoms with E-state index in [1.54, 1.807) is 0 Å². The van der Waals surface area contributed by atoms with Crippen LogP contribution < -0.4 is 5.32 Å². The van der Waals surface area contributed by atoms with E-state index in [-0.39, 0.29) is 12.0 Å². The minimum Gasteiger partial charge on any atom is -0.396 e. The molecule has 1 aliphatic carbocycles. The molecule has 0 aromatic carbocycles. The van der Waals surface area contributed by atoms with E-state index in [0.29, 0.717) is 6.04 Å². The minimum absolute atomic E-state index is 0.000422. The molecule has 0 spiro atoms. The molecule has 2 atom stereocenters. The Bertz CT molecular complexity index is 341. The number of rotatable bonds is 3. The number of hydrogen-bond donors (Lipinski definition) is 2. The monoisotopic (exact) mass is 227 g/mol. The first-order chi connectivity index (χ1) is 7.14. The van der Waals surface area contributed by atoms with E-state index in [1.165, 1.54) is 18.0 Å². The van der Waals surface area contributed by atoms with Gasteiger partial charge in [-0.25, -0.2) is 4.98 Å². The highest BCUT2D eigenvalue weighted by Gasteiger charge is 2.38. The molecular weight excluding hydrogens is 210 g/mol. The Morgan fingerprint density at radius 2 is 2.47 bits per heavy atom. The minimum atomic E-state index is -0.000422. The lowest BCUT2D eigenvalue weighted by atomic mass is 9.86. The summed E-state index contributed by atoms with van der Waals surface area (Å²) >= 11 is 1.39. The predicted octanol–water partition coefficient (Wildman–Crippen LogP) is 1.81. The molecule has 1 aromatic rings. The Morgan fingerprint density at radius 1 is 1.67 bits per heavy atom. The summed E-state index contributed by atoms with van der Waals surface area (Å²) in [5.74, 6) is 0.811. The second kappa shape index (κ2) is 4.06. The van der Waals surface area contributed by atoms with Crippen LogP contribution in [0.15, 0.2) is 0 Å². The molecule has 1 heterocycles. The number of aromatic nitrogens is 2. The maximum atomic E-state index is 9.41. The predicted molar refractivity (Wildman–Crippen MR) is 61.1 cm³/mol. The van der Waals surface area contributed by atoms with Gasteiger partial charge in [0.05, 0.1) is 6.61 Å². The van der Waals surface area contributed by atoms with Crippen LogP contribution in [0.5, 0.6) is 0 Å². The third kappa shape index (κ3) is 2.13. The van der Waals surface area contributed by atoms with Gasteiger partial charge in [0.15, 0.2) is 0 Å². The van der Waals surface area contributed by atoms with Crippen molar-refractivity contribution < 1.29 is 5.11 Å². The molecular formula is C10H17N3OS. The molecule has 84 valence electrons. The van der Waals surface area contributed by atoms with Crippen LogP contribution in [0.2, 0.25) is 0 Å². The molecule has 0 aliphatic heterocycles. The average molecular weight is 227 g/mol. The van der Waals surface area contributed by atoms with Crippen molar-refractivity contribution in [3.63, 3.8) is 0 Å². The zero-order valence-corrected chi connectivity index (χ0v) is 9.97. The quantitative estimate of drug-likeness (QED) is 0.827. The highest BCUT2D eigenvalue weighted by molar-refractivity contribution is 7.09. The van der Waals surface area contributed by atoms with Crippen molar-refractivity contribution in [3.8, 4) is 0 Å². The van der Waals surface area contributed by atoms with Crippen molar-refractivity contribution >= 4 is 16.7 Å². The Balaban J connectivity index is 2.05. The molecule has 0 unspecified atom stereocenters. The van der Waals surface area contributed by atoms with Crippen molar-refractivity contribution in [2.24, 2.45) is 5.41 Å². The van der Waals surface area contributed by atoms with E-state index >= 15 is 0 Å². The van der Waals surface area contributed by atoms with Gasteiger partial charge in [0.2, 0.25) is 5.13 Å². The lowest BCUT2D eigenvalue weighted by Crippen LogP contribution is -2.36. The van der Waals surface area contributed by atoms with Gasteiger partial charge in [0.1, 0.15) is 5.82 Å². The summed E-state index contributed by atoms with van der Waals surface area (Å²) in [7, 11) is 0. The maximum Gasteiger partial charge on any atom is 0.202 e. The van der Waals surface area contributed by atoms with Crippen LogP contribution in [0.1, 0.15) is 32.0 Å². The maximum absolute atomic E-state index is 9.41. The topological polar surface area (TPSA) is 58.0 Å². The zero-order chi connectivity index (χ0) is 10.9. The van der Waals surface area contributed by atoms with Gasteiger partial charge in [-0.15, -0.1) is 0 Å². The molecule has 5 heteroatoms.